The van der Waals surface area contributed by atoms with Gasteiger partial charge in [0.2, 0.25) is 0 Å². The van der Waals surface area contributed by atoms with Gasteiger partial charge in [-0.25, -0.2) is 0 Å². The molecule has 1 aromatic rings. The monoisotopic (exact) mass is 352 g/mol. The molecule has 0 radical (unpaired) electrons. The predicted octanol–water partition coefficient (Wildman–Crippen LogP) is 4.11. The van der Waals surface area contributed by atoms with E-state index in [-0.39, 0.29) is 18.1 Å². The molecule has 1 N–H and O–H groups in total. The maximum absolute atomic E-state index is 9.88. The summed E-state index contributed by atoms with van der Waals surface area (Å²) in [6.07, 6.45) is 11.5. The van der Waals surface area contributed by atoms with Crippen molar-refractivity contribution in [2.45, 2.75) is 63.1 Å². The molecule has 2 saturated carbocycles. The molecule has 0 aromatic heterocycles. The molecule has 2 bridgehead atoms. The fraction of sp³-hybridized carbons (Fsp3) is 0.652. The molecule has 5 atom stereocenters. The normalized spacial score (nSPS) is 39.1. The smallest absolute Gasteiger partial charge is 0.165 e. The standard InChI is InChI=1S/C23H28O3/c1-25-19-7-6-18-17-11-15-4-5-16(12-24)21-20(15)23(18,22(19)26-21)9-8-14(17)10-13-2-3-13/h4-5,7,13-14,17-18,22,24H,2-3,6,8-12H2,1H3. The Hall–Kier alpha value is -1.48. The largest absolute Gasteiger partial charge is 0.497 e. The van der Waals surface area contributed by atoms with E-state index in [1.807, 2.05) is 0 Å². The van der Waals surface area contributed by atoms with E-state index in [1.54, 1.807) is 7.11 Å². The molecular weight excluding hydrogens is 324 g/mol. The van der Waals surface area contributed by atoms with Gasteiger partial charge in [-0.3, -0.25) is 0 Å². The molecule has 3 nitrogen and oxygen atoms in total. The van der Waals surface area contributed by atoms with Gasteiger partial charge in [-0.05, 0) is 67.4 Å². The molecule has 6 rings (SSSR count). The fourth-order valence-electron chi connectivity index (χ4n) is 7.01. The van der Waals surface area contributed by atoms with Gasteiger partial charge in [-0.1, -0.05) is 25.0 Å². The van der Waals surface area contributed by atoms with E-state index in [9.17, 15) is 5.11 Å². The van der Waals surface area contributed by atoms with Gasteiger partial charge in [0.1, 0.15) is 11.5 Å². The highest BCUT2D eigenvalue weighted by molar-refractivity contribution is 5.59. The van der Waals surface area contributed by atoms with E-state index < -0.39 is 0 Å². The Balaban J connectivity index is 1.53. The van der Waals surface area contributed by atoms with E-state index in [0.29, 0.717) is 5.92 Å². The SMILES string of the molecule is COC1=CCC2C3Cc4ccc(CO)c5c4C2(CCC3CC2CC2)C1O5. The van der Waals surface area contributed by atoms with Crippen LogP contribution in [0.15, 0.2) is 24.0 Å². The van der Waals surface area contributed by atoms with Crippen LogP contribution in [0.2, 0.25) is 0 Å². The third kappa shape index (κ3) is 1.83. The molecule has 1 heterocycles. The highest BCUT2D eigenvalue weighted by Gasteiger charge is 2.64. The zero-order chi connectivity index (χ0) is 17.5. The van der Waals surface area contributed by atoms with Crippen molar-refractivity contribution in [2.75, 3.05) is 7.11 Å². The average molecular weight is 352 g/mol. The van der Waals surface area contributed by atoms with E-state index in [1.165, 1.54) is 49.7 Å². The van der Waals surface area contributed by atoms with Gasteiger partial charge < -0.3 is 14.6 Å². The Labute approximate surface area is 155 Å². The van der Waals surface area contributed by atoms with Crippen LogP contribution in [0.1, 0.15) is 55.2 Å². The first kappa shape index (κ1) is 15.6. The number of hydrogen-bond donors (Lipinski definition) is 1. The number of allylic oxidation sites excluding steroid dienone is 1. The second kappa shape index (κ2) is 5.28. The summed E-state index contributed by atoms with van der Waals surface area (Å²) in [7, 11) is 1.78. The molecule has 5 unspecified atom stereocenters. The minimum atomic E-state index is 0.0115. The number of hydrogen-bond acceptors (Lipinski definition) is 3. The molecule has 1 spiro atoms. The quantitative estimate of drug-likeness (QED) is 0.886. The molecule has 5 aliphatic rings. The molecule has 0 amide bonds. The number of benzene rings is 1. The minimum absolute atomic E-state index is 0.0115. The number of aliphatic hydroxyl groups is 1. The zero-order valence-corrected chi connectivity index (χ0v) is 15.5. The lowest BCUT2D eigenvalue weighted by molar-refractivity contribution is -0.0252. The lowest BCUT2D eigenvalue weighted by atomic mass is 9.47. The van der Waals surface area contributed by atoms with Gasteiger partial charge in [0.05, 0.1) is 13.7 Å². The van der Waals surface area contributed by atoms with Crippen LogP contribution in [0.4, 0.5) is 0 Å². The Morgan fingerprint density at radius 1 is 1.27 bits per heavy atom. The highest BCUT2D eigenvalue weighted by Crippen LogP contribution is 2.66. The van der Waals surface area contributed by atoms with E-state index in [2.05, 4.69) is 18.2 Å². The number of methoxy groups -OCH3 is 1. The van der Waals surface area contributed by atoms with Crippen LogP contribution in [0.25, 0.3) is 0 Å². The van der Waals surface area contributed by atoms with Gasteiger partial charge in [-0.2, -0.15) is 0 Å². The van der Waals surface area contributed by atoms with Gasteiger partial charge in [0.15, 0.2) is 6.10 Å². The lowest BCUT2D eigenvalue weighted by Crippen LogP contribution is -2.57. The van der Waals surface area contributed by atoms with E-state index >= 15 is 0 Å². The summed E-state index contributed by atoms with van der Waals surface area (Å²) in [5, 5.41) is 9.88. The summed E-state index contributed by atoms with van der Waals surface area (Å²) in [6.45, 7) is 0.0514. The van der Waals surface area contributed by atoms with E-state index in [4.69, 9.17) is 9.47 Å². The van der Waals surface area contributed by atoms with E-state index in [0.717, 1.165) is 41.2 Å². The molecule has 4 aliphatic carbocycles. The van der Waals surface area contributed by atoms with Gasteiger partial charge in [-0.15, -0.1) is 0 Å². The second-order valence-corrected chi connectivity index (χ2v) is 9.28. The van der Waals surface area contributed by atoms with Gasteiger partial charge in [0.25, 0.3) is 0 Å². The predicted molar refractivity (Wildman–Crippen MR) is 98.9 cm³/mol. The Kier molecular flexibility index (Phi) is 3.16. The third-order valence-electron chi connectivity index (χ3n) is 8.23. The Bertz CT molecular complexity index is 793. The fourth-order valence-corrected chi connectivity index (χ4v) is 7.01. The summed E-state index contributed by atoms with van der Waals surface area (Å²) >= 11 is 0. The first-order valence-electron chi connectivity index (χ1n) is 10.4. The maximum atomic E-state index is 9.88. The average Bonchev–Trinajstić information content (AvgIpc) is 3.41. The van der Waals surface area contributed by atoms with Crippen LogP contribution < -0.4 is 4.74 Å². The summed E-state index contributed by atoms with van der Waals surface area (Å²) < 4.78 is 12.4. The molecular formula is C23H28O3. The van der Waals surface area contributed by atoms with Gasteiger partial charge in [0, 0.05) is 16.5 Å². The lowest BCUT2D eigenvalue weighted by Gasteiger charge is -2.56. The zero-order valence-electron chi connectivity index (χ0n) is 15.5. The molecule has 138 valence electrons. The van der Waals surface area contributed by atoms with Gasteiger partial charge >= 0.3 is 0 Å². The van der Waals surface area contributed by atoms with Crippen LogP contribution in [-0.2, 0) is 23.2 Å². The van der Waals surface area contributed by atoms with Crippen molar-refractivity contribution in [1.29, 1.82) is 0 Å². The Morgan fingerprint density at radius 2 is 2.15 bits per heavy atom. The third-order valence-corrected chi connectivity index (χ3v) is 8.23. The number of ether oxygens (including phenoxy) is 2. The van der Waals surface area contributed by atoms with Crippen LogP contribution in [0.3, 0.4) is 0 Å². The first-order valence-corrected chi connectivity index (χ1v) is 10.4. The second-order valence-electron chi connectivity index (χ2n) is 9.28. The maximum Gasteiger partial charge on any atom is 0.165 e. The molecule has 0 saturated heterocycles. The van der Waals surface area contributed by atoms with Crippen LogP contribution in [0, 0.1) is 23.7 Å². The molecule has 3 heteroatoms. The van der Waals surface area contributed by atoms with Crippen LogP contribution in [-0.4, -0.2) is 18.3 Å². The van der Waals surface area contributed by atoms with Crippen molar-refractivity contribution in [3.05, 3.63) is 40.7 Å². The molecule has 2 fully saturated rings. The van der Waals surface area contributed by atoms with Crippen LogP contribution in [0.5, 0.6) is 5.75 Å². The summed E-state index contributed by atoms with van der Waals surface area (Å²) in [5.41, 5.74) is 3.95. The van der Waals surface area contributed by atoms with Crippen molar-refractivity contribution < 1.29 is 14.6 Å². The minimum Gasteiger partial charge on any atom is -0.497 e. The summed E-state index contributed by atoms with van der Waals surface area (Å²) in [6, 6.07) is 4.37. The molecule has 1 aliphatic heterocycles. The van der Waals surface area contributed by atoms with Crippen LogP contribution >= 0.6 is 0 Å². The van der Waals surface area contributed by atoms with Crippen molar-refractivity contribution in [2.24, 2.45) is 23.7 Å². The summed E-state index contributed by atoms with van der Waals surface area (Å²) in [4.78, 5) is 0. The first-order chi connectivity index (χ1) is 12.8. The molecule has 1 aromatic carbocycles. The number of aliphatic hydroxyl groups excluding tert-OH is 1. The van der Waals surface area contributed by atoms with Crippen molar-refractivity contribution in [3.63, 3.8) is 0 Å². The van der Waals surface area contributed by atoms with Crippen molar-refractivity contribution in [1.82, 2.24) is 0 Å². The summed E-state index contributed by atoms with van der Waals surface area (Å²) in [5.74, 6) is 5.32. The van der Waals surface area contributed by atoms with Crippen molar-refractivity contribution >= 4 is 0 Å². The Morgan fingerprint density at radius 3 is 2.92 bits per heavy atom. The number of rotatable bonds is 4. The van der Waals surface area contributed by atoms with Crippen molar-refractivity contribution in [3.8, 4) is 5.75 Å². The highest BCUT2D eigenvalue weighted by atomic mass is 16.5. The topological polar surface area (TPSA) is 38.7 Å². The molecule has 26 heavy (non-hydrogen) atoms.